The van der Waals surface area contributed by atoms with Gasteiger partial charge in [-0.25, -0.2) is 8.78 Å². The Balaban J connectivity index is 2.37. The first kappa shape index (κ1) is 11.9. The van der Waals surface area contributed by atoms with Crippen molar-refractivity contribution in [3.63, 3.8) is 0 Å². The van der Waals surface area contributed by atoms with Gasteiger partial charge in [0.1, 0.15) is 17.7 Å². The van der Waals surface area contributed by atoms with Crippen LogP contribution in [-0.4, -0.2) is 0 Å². The summed E-state index contributed by atoms with van der Waals surface area (Å²) in [4.78, 5) is 0. The average Bonchev–Trinajstić information content (AvgIpc) is 2.34. The molecule has 0 heterocycles. The van der Waals surface area contributed by atoms with Gasteiger partial charge in [0.05, 0.1) is 22.6 Å². The molecule has 2 aromatic carbocycles. The van der Waals surface area contributed by atoms with Gasteiger partial charge < -0.3 is 11.1 Å². The Hall–Kier alpha value is -2.61. The Kier molecular flexibility index (Phi) is 3.11. The number of anilines is 3. The van der Waals surface area contributed by atoms with Gasteiger partial charge in [0, 0.05) is 0 Å². The highest BCUT2D eigenvalue weighted by atomic mass is 19.1. The number of halogens is 2. The van der Waals surface area contributed by atoms with Crippen LogP contribution in [0.25, 0.3) is 0 Å². The van der Waals surface area contributed by atoms with Gasteiger partial charge in [0.2, 0.25) is 0 Å². The number of nitrogens with zero attached hydrogens (tertiary/aromatic N) is 1. The number of nitrogens with two attached hydrogens (primary N) is 1. The Morgan fingerprint density at radius 1 is 1.00 bits per heavy atom. The molecule has 0 atom stereocenters. The molecule has 90 valence electrons. The number of nitrogen functional groups attached to an aromatic ring is 1. The summed E-state index contributed by atoms with van der Waals surface area (Å²) in [6.07, 6.45) is 0. The monoisotopic (exact) mass is 245 g/mol. The van der Waals surface area contributed by atoms with Crippen LogP contribution in [0.1, 0.15) is 5.56 Å². The molecule has 0 unspecified atom stereocenters. The first-order valence-corrected chi connectivity index (χ1v) is 5.12. The fourth-order valence-corrected chi connectivity index (χ4v) is 1.51. The number of hydrogen-bond donors (Lipinski definition) is 2. The van der Waals surface area contributed by atoms with E-state index in [2.05, 4.69) is 5.32 Å². The molecule has 3 nitrogen and oxygen atoms in total. The summed E-state index contributed by atoms with van der Waals surface area (Å²) in [5.41, 5.74) is 6.87. The second kappa shape index (κ2) is 4.72. The quantitative estimate of drug-likeness (QED) is 0.799. The Morgan fingerprint density at radius 2 is 1.61 bits per heavy atom. The van der Waals surface area contributed by atoms with Crippen LogP contribution in [0.3, 0.4) is 0 Å². The van der Waals surface area contributed by atoms with Crippen LogP contribution in [-0.2, 0) is 0 Å². The molecule has 0 aromatic heterocycles. The van der Waals surface area contributed by atoms with E-state index in [0.29, 0.717) is 11.4 Å². The molecule has 0 radical (unpaired) electrons. The molecule has 3 N–H and O–H groups in total. The predicted octanol–water partition coefficient (Wildman–Crippen LogP) is 3.16. The van der Waals surface area contributed by atoms with Crippen LogP contribution >= 0.6 is 0 Å². The van der Waals surface area contributed by atoms with Crippen molar-refractivity contribution >= 4 is 17.1 Å². The molecule has 5 heteroatoms. The lowest BCUT2D eigenvalue weighted by atomic mass is 10.1. The van der Waals surface area contributed by atoms with Crippen molar-refractivity contribution in [3.8, 4) is 6.07 Å². The van der Waals surface area contributed by atoms with Gasteiger partial charge in [-0.3, -0.25) is 0 Å². The van der Waals surface area contributed by atoms with E-state index in [1.54, 1.807) is 0 Å². The van der Waals surface area contributed by atoms with Crippen LogP contribution < -0.4 is 11.1 Å². The van der Waals surface area contributed by atoms with Crippen molar-refractivity contribution in [2.45, 2.75) is 0 Å². The normalized spacial score (nSPS) is 9.83. The molecule has 18 heavy (non-hydrogen) atoms. The van der Waals surface area contributed by atoms with E-state index in [4.69, 9.17) is 11.0 Å². The summed E-state index contributed by atoms with van der Waals surface area (Å²) in [5, 5.41) is 11.8. The lowest BCUT2D eigenvalue weighted by Crippen LogP contribution is -1.99. The molecule has 0 aliphatic heterocycles. The van der Waals surface area contributed by atoms with E-state index in [0.717, 1.165) is 12.1 Å². The fraction of sp³-hybridized carbons (Fsp3) is 0. The number of benzene rings is 2. The number of hydrogen-bond acceptors (Lipinski definition) is 3. The third-order valence-electron chi connectivity index (χ3n) is 2.39. The summed E-state index contributed by atoms with van der Waals surface area (Å²) >= 11 is 0. The highest BCUT2D eigenvalue weighted by Gasteiger charge is 2.06. The van der Waals surface area contributed by atoms with Gasteiger partial charge >= 0.3 is 0 Å². The number of nitriles is 1. The number of rotatable bonds is 2. The third-order valence-corrected chi connectivity index (χ3v) is 2.39. The molecule has 0 spiro atoms. The van der Waals surface area contributed by atoms with E-state index < -0.39 is 11.6 Å². The first-order valence-electron chi connectivity index (χ1n) is 5.12. The molecule has 0 saturated heterocycles. The van der Waals surface area contributed by atoms with Crippen molar-refractivity contribution in [2.24, 2.45) is 0 Å². The van der Waals surface area contributed by atoms with Crippen LogP contribution in [0.2, 0.25) is 0 Å². The first-order chi connectivity index (χ1) is 8.60. The maximum absolute atomic E-state index is 13.0. The van der Waals surface area contributed by atoms with Crippen LogP contribution in [0.4, 0.5) is 25.8 Å². The fourth-order valence-electron chi connectivity index (χ4n) is 1.51. The average molecular weight is 245 g/mol. The summed E-state index contributed by atoms with van der Waals surface area (Å²) in [7, 11) is 0. The van der Waals surface area contributed by atoms with Gasteiger partial charge in [-0.15, -0.1) is 0 Å². The topological polar surface area (TPSA) is 61.8 Å². The van der Waals surface area contributed by atoms with Crippen molar-refractivity contribution < 1.29 is 8.78 Å². The zero-order valence-electron chi connectivity index (χ0n) is 9.24. The molecule has 0 bridgehead atoms. The molecular weight excluding hydrogens is 236 g/mol. The zero-order valence-corrected chi connectivity index (χ0v) is 9.24. The van der Waals surface area contributed by atoms with E-state index in [1.165, 1.54) is 24.3 Å². The van der Waals surface area contributed by atoms with Crippen molar-refractivity contribution in [1.29, 1.82) is 5.26 Å². The summed E-state index contributed by atoms with van der Waals surface area (Å²) in [5.74, 6) is -0.943. The van der Waals surface area contributed by atoms with Gasteiger partial charge in [0.25, 0.3) is 0 Å². The Labute approximate surface area is 102 Å². The van der Waals surface area contributed by atoms with E-state index in [-0.39, 0.29) is 11.3 Å². The highest BCUT2D eigenvalue weighted by molar-refractivity contribution is 5.75. The SMILES string of the molecule is N#Cc1cc(F)ccc1Nc1ccc(F)cc1N. The summed E-state index contributed by atoms with van der Waals surface area (Å²) < 4.78 is 25.8. The maximum atomic E-state index is 13.0. The van der Waals surface area contributed by atoms with Gasteiger partial charge in [0.15, 0.2) is 0 Å². The summed E-state index contributed by atoms with van der Waals surface area (Å²) in [6.45, 7) is 0. The smallest absolute Gasteiger partial charge is 0.125 e. The second-order valence-electron chi connectivity index (χ2n) is 3.66. The maximum Gasteiger partial charge on any atom is 0.125 e. The molecule has 0 saturated carbocycles. The lowest BCUT2D eigenvalue weighted by Gasteiger charge is -2.10. The molecule has 0 amide bonds. The minimum absolute atomic E-state index is 0.152. The standard InChI is InChI=1S/C13H9F2N3/c14-9-1-3-12(8(5-9)7-16)18-13-4-2-10(15)6-11(13)17/h1-6,18H,17H2. The summed E-state index contributed by atoms with van der Waals surface area (Å²) in [6, 6.07) is 9.50. The van der Waals surface area contributed by atoms with E-state index in [9.17, 15) is 8.78 Å². The molecule has 2 rings (SSSR count). The lowest BCUT2D eigenvalue weighted by molar-refractivity contribution is 0.627. The van der Waals surface area contributed by atoms with E-state index in [1.807, 2.05) is 6.07 Å². The predicted molar refractivity (Wildman–Crippen MR) is 65.2 cm³/mol. The van der Waals surface area contributed by atoms with Crippen molar-refractivity contribution in [3.05, 3.63) is 53.6 Å². The largest absolute Gasteiger partial charge is 0.397 e. The highest BCUT2D eigenvalue weighted by Crippen LogP contribution is 2.26. The zero-order chi connectivity index (χ0) is 13.1. The van der Waals surface area contributed by atoms with Crippen molar-refractivity contribution in [2.75, 3.05) is 11.1 Å². The van der Waals surface area contributed by atoms with Crippen LogP contribution in [0, 0.1) is 23.0 Å². The Bertz CT molecular complexity index is 633. The number of nitrogens with one attached hydrogen (secondary N) is 1. The minimum atomic E-state index is -0.496. The van der Waals surface area contributed by atoms with Crippen molar-refractivity contribution in [1.82, 2.24) is 0 Å². The van der Waals surface area contributed by atoms with Gasteiger partial charge in [-0.05, 0) is 36.4 Å². The third kappa shape index (κ3) is 2.38. The molecular formula is C13H9F2N3. The van der Waals surface area contributed by atoms with Crippen LogP contribution in [0.5, 0.6) is 0 Å². The van der Waals surface area contributed by atoms with E-state index >= 15 is 0 Å². The van der Waals surface area contributed by atoms with Gasteiger partial charge in [-0.2, -0.15) is 5.26 Å². The second-order valence-corrected chi connectivity index (χ2v) is 3.66. The molecule has 0 aliphatic carbocycles. The molecule has 0 aliphatic rings. The molecule has 2 aromatic rings. The van der Waals surface area contributed by atoms with Crippen LogP contribution in [0.15, 0.2) is 36.4 Å². The Morgan fingerprint density at radius 3 is 2.22 bits per heavy atom. The minimum Gasteiger partial charge on any atom is -0.397 e. The molecule has 0 fully saturated rings. The van der Waals surface area contributed by atoms with Gasteiger partial charge in [-0.1, -0.05) is 0 Å².